The summed E-state index contributed by atoms with van der Waals surface area (Å²) in [6, 6.07) is 41.1. The van der Waals surface area contributed by atoms with Gasteiger partial charge in [0.1, 0.15) is 0 Å². The summed E-state index contributed by atoms with van der Waals surface area (Å²) in [6.07, 6.45) is 8.23. The molecule has 6 heterocycles. The topological polar surface area (TPSA) is 157 Å². The molecule has 8 atom stereocenters. The number of aliphatic hydroxyl groups is 2. The van der Waals surface area contributed by atoms with Crippen LogP contribution in [0.3, 0.4) is 0 Å². The highest BCUT2D eigenvalue weighted by molar-refractivity contribution is 5.94. The van der Waals surface area contributed by atoms with Gasteiger partial charge in [-0.25, -0.2) is 0 Å². The minimum atomic E-state index is -1.06. The van der Waals surface area contributed by atoms with Crippen molar-refractivity contribution in [3.8, 4) is 23.0 Å². The molecule has 10 aliphatic rings. The van der Waals surface area contributed by atoms with Crippen LogP contribution in [0.15, 0.2) is 121 Å². The molecule has 4 aliphatic heterocycles. The molecule has 0 radical (unpaired) electrons. The molecule has 6 N–H and O–H groups in total. The Morgan fingerprint density at radius 1 is 0.568 bits per heavy atom. The van der Waals surface area contributed by atoms with Crippen LogP contribution in [-0.4, -0.2) is 101 Å². The van der Waals surface area contributed by atoms with Crippen molar-refractivity contribution in [3.05, 3.63) is 177 Å². The zero-order valence-electron chi connectivity index (χ0n) is 45.3. The van der Waals surface area contributed by atoms with Crippen molar-refractivity contribution in [1.29, 1.82) is 0 Å². The van der Waals surface area contributed by atoms with Crippen LogP contribution < -0.4 is 20.1 Å². The van der Waals surface area contributed by atoms with Crippen molar-refractivity contribution in [2.24, 2.45) is 11.8 Å². The van der Waals surface area contributed by atoms with Gasteiger partial charge in [0.05, 0.1) is 40.0 Å². The molecule has 13 heteroatoms. The Morgan fingerprint density at radius 2 is 1.02 bits per heavy atom. The van der Waals surface area contributed by atoms with Gasteiger partial charge in [-0.2, -0.15) is 0 Å². The van der Waals surface area contributed by atoms with Crippen LogP contribution in [0.2, 0.25) is 0 Å². The maximum absolute atomic E-state index is 13.6. The highest BCUT2D eigenvalue weighted by atomic mass is 16.5. The summed E-state index contributed by atoms with van der Waals surface area (Å²) in [4.78, 5) is 18.7. The van der Waals surface area contributed by atoms with E-state index in [-0.39, 0.29) is 36.0 Å². The first-order valence-electron chi connectivity index (χ1n) is 29.9. The van der Waals surface area contributed by atoms with Crippen LogP contribution in [-0.2, 0) is 54.4 Å². The van der Waals surface area contributed by atoms with Gasteiger partial charge >= 0.3 is 0 Å². The first-order valence-corrected chi connectivity index (χ1v) is 29.9. The molecule has 4 fully saturated rings. The highest BCUT2D eigenvalue weighted by Crippen LogP contribution is 2.71. The van der Waals surface area contributed by atoms with Crippen molar-refractivity contribution in [1.82, 2.24) is 18.9 Å². The monoisotopic (exact) mass is 1080 g/mol. The molecule has 2 spiro atoms. The number of carbonyl (C=O) groups is 1. The van der Waals surface area contributed by atoms with E-state index >= 15 is 0 Å². The lowest BCUT2D eigenvalue weighted by molar-refractivity contribution is -0.173. The lowest BCUT2D eigenvalue weighted by Gasteiger charge is -2.63. The Morgan fingerprint density at radius 3 is 1.49 bits per heavy atom. The number of phenolic OH excluding ortho intramolecular Hbond substituents is 2. The number of nitrogens with zero attached hydrogens (tertiary/aromatic N) is 4. The standard InChI is InChI=1S/C68H66N6O7/c75-52-23-17-42-29-54-67(78)31-48-46-5-1-3-7-50(46)73(59(48)63-65(67,57(42)61(52)80-63)25-27-71(54)34-38-9-10-38)36-40-13-19-44(20-14-40)69-33-56(77)70-45-21-15-41(16-22-45)37-74-51-8-4-2-6-47(51)49-32-68(79)55-30-43-18-24-53(76)62-58(43)66(68,64(81-62)60(49)74)26-28-72(55)35-39-11-12-39/h1-8,13-24,38-39,54-55,63-64,69,75-76,78-79H,9-12,25-37H2,(H,70,77)/t54-,55-,63-,64-,65-,66-,67+,68+/m0/s1. The number of amides is 1. The fourth-order valence-corrected chi connectivity index (χ4v) is 18.1. The molecule has 6 aromatic carbocycles. The van der Waals surface area contributed by atoms with E-state index in [0.717, 1.165) is 124 Å². The molecular formula is C68H66N6O7. The number of nitrogens with one attached hydrogen (secondary N) is 2. The fourth-order valence-electron chi connectivity index (χ4n) is 18.1. The first-order chi connectivity index (χ1) is 39.5. The molecule has 410 valence electrons. The SMILES string of the molecule is O=C(CNc1ccc(Cn2c3c(c4ccccc42)C[C@@]2(O)[C@@H]4Cc5ccc(O)c6c5[C@@]2(CCN4CC2CC2)[C@H]3O6)cc1)Nc1ccc(Cn2c3c(c4ccccc42)C[C@@]2(O)[C@@H]4Cc5ccc(O)c6c5[C@@]2(CCN4CC2CC2)[C@H]3O6)cc1. The van der Waals surface area contributed by atoms with Crippen LogP contribution in [0.1, 0.15) is 107 Å². The van der Waals surface area contributed by atoms with E-state index in [1.165, 1.54) is 36.8 Å². The lowest BCUT2D eigenvalue weighted by Crippen LogP contribution is -2.74. The quantitative estimate of drug-likeness (QED) is 0.0697. The Bertz CT molecular complexity index is 4010. The van der Waals surface area contributed by atoms with Gasteiger partial charge in [-0.1, -0.05) is 72.8 Å². The van der Waals surface area contributed by atoms with Crippen molar-refractivity contribution < 1.29 is 34.7 Å². The first kappa shape index (κ1) is 47.4. The molecule has 4 bridgehead atoms. The molecule has 2 saturated heterocycles. The van der Waals surface area contributed by atoms with Gasteiger partial charge in [-0.05, 0) is 158 Å². The van der Waals surface area contributed by atoms with Gasteiger partial charge in [0.25, 0.3) is 0 Å². The molecule has 13 nitrogen and oxygen atoms in total. The van der Waals surface area contributed by atoms with Crippen LogP contribution >= 0.6 is 0 Å². The number of rotatable bonds is 12. The van der Waals surface area contributed by atoms with E-state index in [9.17, 15) is 25.2 Å². The molecule has 2 saturated carbocycles. The average Bonchev–Trinajstić information content (AvgIpc) is 1.86. The van der Waals surface area contributed by atoms with E-state index in [4.69, 9.17) is 9.47 Å². The zero-order valence-corrected chi connectivity index (χ0v) is 45.3. The average molecular weight is 1080 g/mol. The summed E-state index contributed by atoms with van der Waals surface area (Å²) in [5.74, 6) is 2.64. The molecule has 2 aromatic heterocycles. The van der Waals surface area contributed by atoms with E-state index < -0.39 is 34.2 Å². The molecule has 0 unspecified atom stereocenters. The van der Waals surface area contributed by atoms with E-state index in [0.29, 0.717) is 55.0 Å². The summed E-state index contributed by atoms with van der Waals surface area (Å²) in [6.45, 7) is 5.10. The third-order valence-electron chi connectivity index (χ3n) is 22.0. The Kier molecular flexibility index (Phi) is 9.62. The van der Waals surface area contributed by atoms with Crippen molar-refractivity contribution in [3.63, 3.8) is 0 Å². The number of anilines is 2. The maximum Gasteiger partial charge on any atom is 0.243 e. The Hall–Kier alpha value is -7.29. The van der Waals surface area contributed by atoms with Crippen LogP contribution in [0.5, 0.6) is 23.0 Å². The molecule has 6 aliphatic carbocycles. The smallest absolute Gasteiger partial charge is 0.243 e. The summed E-state index contributed by atoms with van der Waals surface area (Å²) in [7, 11) is 0. The third kappa shape index (κ3) is 6.33. The van der Waals surface area contributed by atoms with Gasteiger partial charge in [-0.15, -0.1) is 0 Å². The Labute approximate surface area is 469 Å². The van der Waals surface area contributed by atoms with Gasteiger partial charge in [0, 0.05) is 95.4 Å². The van der Waals surface area contributed by atoms with Gasteiger partial charge < -0.3 is 49.7 Å². The molecular weight excluding hydrogens is 1010 g/mol. The third-order valence-corrected chi connectivity index (χ3v) is 22.0. The highest BCUT2D eigenvalue weighted by Gasteiger charge is 2.75. The predicted octanol–water partition coefficient (Wildman–Crippen LogP) is 9.55. The molecule has 18 rings (SSSR count). The second kappa shape index (κ2) is 16.5. The largest absolute Gasteiger partial charge is 0.504 e. The van der Waals surface area contributed by atoms with Gasteiger partial charge in [0.2, 0.25) is 5.91 Å². The number of phenols is 2. The number of hydrogen-bond donors (Lipinski definition) is 6. The number of benzene rings is 6. The zero-order chi connectivity index (χ0) is 53.9. The molecule has 81 heavy (non-hydrogen) atoms. The normalized spacial score (nSPS) is 29.6. The molecule has 8 aromatic rings. The van der Waals surface area contributed by atoms with Crippen molar-refractivity contribution >= 4 is 39.1 Å². The summed E-state index contributed by atoms with van der Waals surface area (Å²) in [5.41, 5.74) is 11.3. The number of para-hydroxylation sites is 2. The fraction of sp³-hybridized carbons (Fsp3) is 0.397. The number of likely N-dealkylation sites (tertiary alicyclic amines) is 2. The van der Waals surface area contributed by atoms with Gasteiger partial charge in [0.15, 0.2) is 35.2 Å². The number of fused-ring (bicyclic) bond motifs is 8. The van der Waals surface area contributed by atoms with Crippen molar-refractivity contribution in [2.45, 2.75) is 124 Å². The summed E-state index contributed by atoms with van der Waals surface area (Å²) >= 11 is 0. The molecule has 1 amide bonds. The second-order valence-corrected chi connectivity index (χ2v) is 26.1. The minimum Gasteiger partial charge on any atom is -0.504 e. The van der Waals surface area contributed by atoms with E-state index in [2.05, 4.69) is 114 Å². The maximum atomic E-state index is 13.6. The number of carbonyl (C=O) groups excluding carboxylic acids is 1. The number of aromatic nitrogens is 2. The number of ether oxygens (including phenoxy) is 2. The van der Waals surface area contributed by atoms with E-state index in [1.54, 1.807) is 12.1 Å². The number of aromatic hydroxyl groups is 2. The number of piperidine rings is 2. The van der Waals surface area contributed by atoms with Crippen molar-refractivity contribution in [2.75, 3.05) is 43.4 Å². The van der Waals surface area contributed by atoms with Crippen LogP contribution in [0.4, 0.5) is 11.4 Å². The Balaban J connectivity index is 0.586. The van der Waals surface area contributed by atoms with Crippen LogP contribution in [0.25, 0.3) is 21.8 Å². The van der Waals surface area contributed by atoms with Gasteiger partial charge in [-0.3, -0.25) is 14.6 Å². The lowest BCUT2D eigenvalue weighted by atomic mass is 9.49. The second-order valence-electron chi connectivity index (χ2n) is 26.1. The summed E-state index contributed by atoms with van der Waals surface area (Å²) < 4.78 is 18.9. The predicted molar refractivity (Wildman–Crippen MR) is 309 cm³/mol. The number of hydrogen-bond acceptors (Lipinski definition) is 10. The minimum absolute atomic E-state index is 0.0305. The van der Waals surface area contributed by atoms with E-state index in [1.807, 2.05) is 24.3 Å². The summed E-state index contributed by atoms with van der Waals surface area (Å²) in [5, 5.41) is 58.4. The van der Waals surface area contributed by atoms with Crippen LogP contribution in [0, 0.1) is 11.8 Å².